The van der Waals surface area contributed by atoms with Gasteiger partial charge in [0.25, 0.3) is 0 Å². The predicted octanol–water partition coefficient (Wildman–Crippen LogP) is 0.757. The first-order valence-corrected chi connectivity index (χ1v) is 8.11. The van der Waals surface area contributed by atoms with E-state index in [0.717, 1.165) is 25.9 Å². The van der Waals surface area contributed by atoms with E-state index in [2.05, 4.69) is 5.32 Å². The van der Waals surface area contributed by atoms with Crippen LogP contribution in [0.3, 0.4) is 0 Å². The van der Waals surface area contributed by atoms with Gasteiger partial charge in [0.1, 0.15) is 6.04 Å². The lowest BCUT2D eigenvalue weighted by molar-refractivity contribution is -0.130. The fraction of sp³-hybridized carbons (Fsp3) is 0.462. The summed E-state index contributed by atoms with van der Waals surface area (Å²) >= 11 is 0. The summed E-state index contributed by atoms with van der Waals surface area (Å²) in [5.74, 6) is 0.0676. The van der Waals surface area contributed by atoms with Crippen molar-refractivity contribution in [3.63, 3.8) is 0 Å². The summed E-state index contributed by atoms with van der Waals surface area (Å²) in [6, 6.07) is 5.71. The van der Waals surface area contributed by atoms with Crippen molar-refractivity contribution in [2.45, 2.75) is 30.7 Å². The first-order chi connectivity index (χ1) is 9.38. The van der Waals surface area contributed by atoms with Gasteiger partial charge in [-0.15, -0.1) is 0 Å². The Morgan fingerprint density at radius 2 is 1.80 bits per heavy atom. The lowest BCUT2D eigenvalue weighted by Gasteiger charge is -2.21. The second kappa shape index (κ2) is 5.80. The van der Waals surface area contributed by atoms with Gasteiger partial charge >= 0.3 is 0 Å². The molecular weight excluding hydrogens is 278 g/mol. The Hall–Kier alpha value is -1.60. The number of primary sulfonamides is 1. The summed E-state index contributed by atoms with van der Waals surface area (Å²) in [5.41, 5.74) is 0.692. The number of nitrogens with two attached hydrogens (primary N) is 1. The molecule has 1 aromatic rings. The molecule has 1 atom stereocenters. The minimum atomic E-state index is -3.68. The van der Waals surface area contributed by atoms with Crippen LogP contribution in [0.1, 0.15) is 19.8 Å². The molecule has 0 aliphatic carbocycles. The Labute approximate surface area is 119 Å². The van der Waals surface area contributed by atoms with Crippen LogP contribution in [0.5, 0.6) is 0 Å². The smallest absolute Gasteiger partial charge is 0.244 e. The van der Waals surface area contributed by atoms with Gasteiger partial charge in [0.05, 0.1) is 4.90 Å². The number of sulfonamides is 1. The van der Waals surface area contributed by atoms with E-state index in [-0.39, 0.29) is 16.8 Å². The fourth-order valence-electron chi connectivity index (χ4n) is 2.26. The maximum absolute atomic E-state index is 12.1. The molecule has 0 radical (unpaired) electrons. The number of hydrogen-bond donors (Lipinski definition) is 2. The quantitative estimate of drug-likeness (QED) is 0.858. The summed E-state index contributed by atoms with van der Waals surface area (Å²) in [7, 11) is -3.68. The number of benzene rings is 1. The molecule has 1 heterocycles. The molecular formula is C13H19N3O3S. The maximum Gasteiger partial charge on any atom is 0.244 e. The molecule has 6 nitrogen and oxygen atoms in total. The zero-order valence-electron chi connectivity index (χ0n) is 11.4. The van der Waals surface area contributed by atoms with Crippen LogP contribution < -0.4 is 10.5 Å². The minimum absolute atomic E-state index is 0.0570. The number of nitrogens with zero attached hydrogens (tertiary/aromatic N) is 1. The fourth-order valence-corrected chi connectivity index (χ4v) is 2.78. The first-order valence-electron chi connectivity index (χ1n) is 6.56. The molecule has 1 unspecified atom stereocenters. The zero-order valence-corrected chi connectivity index (χ0v) is 12.2. The van der Waals surface area contributed by atoms with Crippen molar-refractivity contribution < 1.29 is 13.2 Å². The second-order valence-corrected chi connectivity index (χ2v) is 6.53. The molecule has 20 heavy (non-hydrogen) atoms. The summed E-state index contributed by atoms with van der Waals surface area (Å²) < 4.78 is 22.3. The van der Waals surface area contributed by atoms with E-state index >= 15 is 0 Å². The number of carbonyl (C=O) groups excluding carboxylic acids is 1. The Morgan fingerprint density at radius 1 is 1.25 bits per heavy atom. The van der Waals surface area contributed by atoms with E-state index in [1.54, 1.807) is 19.1 Å². The van der Waals surface area contributed by atoms with E-state index in [9.17, 15) is 13.2 Å². The normalized spacial score (nSPS) is 17.0. The molecule has 1 fully saturated rings. The van der Waals surface area contributed by atoms with Crippen LogP contribution in [-0.4, -0.2) is 38.4 Å². The molecule has 2 rings (SSSR count). The second-order valence-electron chi connectivity index (χ2n) is 4.97. The molecule has 110 valence electrons. The molecule has 1 aliphatic heterocycles. The lowest BCUT2D eigenvalue weighted by Crippen LogP contribution is -2.39. The number of rotatable bonds is 4. The Bertz CT molecular complexity index is 577. The largest absolute Gasteiger partial charge is 0.374 e. The van der Waals surface area contributed by atoms with Crippen LogP contribution in [-0.2, 0) is 14.8 Å². The summed E-state index contributed by atoms with van der Waals surface area (Å²) in [5, 5.41) is 8.10. The van der Waals surface area contributed by atoms with E-state index in [1.165, 1.54) is 12.1 Å². The highest BCUT2D eigenvalue weighted by Gasteiger charge is 2.23. The van der Waals surface area contributed by atoms with Crippen LogP contribution in [0.4, 0.5) is 5.69 Å². The van der Waals surface area contributed by atoms with Crippen LogP contribution in [0.15, 0.2) is 29.2 Å². The summed E-state index contributed by atoms with van der Waals surface area (Å²) in [6.07, 6.45) is 2.11. The van der Waals surface area contributed by atoms with E-state index in [4.69, 9.17) is 5.14 Å². The van der Waals surface area contributed by atoms with Gasteiger partial charge < -0.3 is 10.2 Å². The number of hydrogen-bond acceptors (Lipinski definition) is 4. The van der Waals surface area contributed by atoms with E-state index in [1.807, 2.05) is 4.90 Å². The number of nitrogens with one attached hydrogen (secondary N) is 1. The average Bonchev–Trinajstić information content (AvgIpc) is 2.91. The maximum atomic E-state index is 12.1. The molecule has 0 saturated carbocycles. The van der Waals surface area contributed by atoms with Crippen LogP contribution in [0.2, 0.25) is 0 Å². The van der Waals surface area contributed by atoms with E-state index < -0.39 is 10.0 Å². The Morgan fingerprint density at radius 3 is 2.30 bits per heavy atom. The van der Waals surface area contributed by atoms with Crippen molar-refractivity contribution in [2.24, 2.45) is 5.14 Å². The van der Waals surface area contributed by atoms with Crippen LogP contribution in [0.25, 0.3) is 0 Å². The van der Waals surface area contributed by atoms with E-state index in [0.29, 0.717) is 5.69 Å². The first kappa shape index (κ1) is 14.8. The standard InChI is InChI=1S/C13H19N3O3S/c1-10(13(17)16-8-2-3-9-16)15-11-4-6-12(7-5-11)20(14,18)19/h4-7,10,15H,2-3,8-9H2,1H3,(H2,14,18,19). The van der Waals surface area contributed by atoms with Gasteiger partial charge in [0.15, 0.2) is 0 Å². The van der Waals surface area contributed by atoms with Gasteiger partial charge in [0, 0.05) is 18.8 Å². The molecule has 1 amide bonds. The third-order valence-corrected chi connectivity index (χ3v) is 4.28. The van der Waals surface area contributed by atoms with Crippen molar-refractivity contribution in [1.29, 1.82) is 0 Å². The van der Waals surface area contributed by atoms with Crippen LogP contribution >= 0.6 is 0 Å². The molecule has 1 aromatic carbocycles. The summed E-state index contributed by atoms with van der Waals surface area (Å²) in [6.45, 7) is 3.43. The third-order valence-electron chi connectivity index (χ3n) is 3.35. The van der Waals surface area contributed by atoms with Crippen molar-refractivity contribution in [3.8, 4) is 0 Å². The highest BCUT2D eigenvalue weighted by Crippen LogP contribution is 2.15. The number of anilines is 1. The van der Waals surface area contributed by atoms with Gasteiger partial charge in [-0.3, -0.25) is 4.79 Å². The number of likely N-dealkylation sites (tertiary alicyclic amines) is 1. The average molecular weight is 297 g/mol. The molecule has 0 aromatic heterocycles. The number of amides is 1. The van der Waals surface area contributed by atoms with Gasteiger partial charge in [0.2, 0.25) is 15.9 Å². The molecule has 1 saturated heterocycles. The Kier molecular flexibility index (Phi) is 4.29. The van der Waals surface area contributed by atoms with Gasteiger partial charge in [-0.2, -0.15) is 0 Å². The predicted molar refractivity (Wildman–Crippen MR) is 76.7 cm³/mol. The van der Waals surface area contributed by atoms with Crippen molar-refractivity contribution in [2.75, 3.05) is 18.4 Å². The Balaban J connectivity index is 2.00. The molecule has 0 spiro atoms. The highest BCUT2D eigenvalue weighted by atomic mass is 32.2. The molecule has 7 heteroatoms. The molecule has 0 bridgehead atoms. The van der Waals surface area contributed by atoms with Gasteiger partial charge in [-0.25, -0.2) is 13.6 Å². The topological polar surface area (TPSA) is 92.5 Å². The highest BCUT2D eigenvalue weighted by molar-refractivity contribution is 7.89. The SMILES string of the molecule is CC(Nc1ccc(S(N)(=O)=O)cc1)C(=O)N1CCCC1. The van der Waals surface area contributed by atoms with Gasteiger partial charge in [-0.1, -0.05) is 0 Å². The lowest BCUT2D eigenvalue weighted by atomic mass is 10.2. The monoisotopic (exact) mass is 297 g/mol. The van der Waals surface area contributed by atoms with Crippen molar-refractivity contribution >= 4 is 21.6 Å². The third kappa shape index (κ3) is 3.49. The summed E-state index contributed by atoms with van der Waals surface area (Å²) in [4.78, 5) is 14.0. The molecule has 3 N–H and O–H groups in total. The molecule has 1 aliphatic rings. The zero-order chi connectivity index (χ0) is 14.8. The van der Waals surface area contributed by atoms with Crippen molar-refractivity contribution in [1.82, 2.24) is 4.90 Å². The minimum Gasteiger partial charge on any atom is -0.374 e. The van der Waals surface area contributed by atoms with Crippen molar-refractivity contribution in [3.05, 3.63) is 24.3 Å². The van der Waals surface area contributed by atoms with Gasteiger partial charge in [-0.05, 0) is 44.0 Å². The number of carbonyl (C=O) groups is 1. The van der Waals surface area contributed by atoms with Crippen LogP contribution in [0, 0.1) is 0 Å².